The molecule has 0 bridgehead atoms. The van der Waals surface area contributed by atoms with E-state index >= 15 is 0 Å². The Labute approximate surface area is 303 Å². The molecule has 5 rings (SSSR count). The fourth-order valence-electron chi connectivity index (χ4n) is 5.50. The van der Waals surface area contributed by atoms with Gasteiger partial charge in [-0.1, -0.05) is 46.3 Å². The molecular weight excluding hydrogens is 782 g/mol. The molecule has 2 N–H and O–H groups in total. The zero-order valence-electron chi connectivity index (χ0n) is 27.0. The maximum Gasteiger partial charge on any atom is 0.416 e. The first-order chi connectivity index (χ1) is 24.5. The SMILES string of the molecule is O=C(NCc1cc(C(F)(F)F)cc(C(F)(F)F)c1)[C@]1(CCS(=O)(=O)c2ccccc2)N=C(c2ccc(OCCCO)cc2)O[C@@H]1c1ccc(Br)cc1. The summed E-state index contributed by atoms with van der Waals surface area (Å²) in [6, 6.07) is 21.3. The first kappa shape index (κ1) is 38.8. The number of amides is 1. The number of carbonyl (C=O) groups excluding carboxylic acids is 1. The third-order valence-electron chi connectivity index (χ3n) is 8.16. The molecule has 0 fully saturated rings. The van der Waals surface area contributed by atoms with Crippen LogP contribution >= 0.6 is 15.9 Å². The number of nitrogens with one attached hydrogen (secondary N) is 1. The maximum atomic E-state index is 14.4. The van der Waals surface area contributed by atoms with E-state index in [1.54, 1.807) is 54.6 Å². The van der Waals surface area contributed by atoms with Crippen LogP contribution in [0, 0.1) is 0 Å². The van der Waals surface area contributed by atoms with Gasteiger partial charge in [-0.25, -0.2) is 13.4 Å². The van der Waals surface area contributed by atoms with E-state index in [0.717, 1.165) is 0 Å². The third kappa shape index (κ3) is 9.14. The van der Waals surface area contributed by atoms with Crippen molar-refractivity contribution >= 4 is 37.6 Å². The highest BCUT2D eigenvalue weighted by Crippen LogP contribution is 2.44. The molecule has 0 aliphatic carbocycles. The summed E-state index contributed by atoms with van der Waals surface area (Å²) in [7, 11) is -4.04. The van der Waals surface area contributed by atoms with Crippen LogP contribution in [0.15, 0.2) is 111 Å². The zero-order valence-corrected chi connectivity index (χ0v) is 29.4. The summed E-state index contributed by atoms with van der Waals surface area (Å²) in [4.78, 5) is 19.0. The Balaban J connectivity index is 1.58. The van der Waals surface area contributed by atoms with Crippen LogP contribution in [0.5, 0.6) is 5.75 Å². The third-order valence-corrected chi connectivity index (χ3v) is 10.4. The minimum atomic E-state index is -5.11. The molecular formula is C36H31BrF6N2O6S. The van der Waals surface area contributed by atoms with E-state index in [9.17, 15) is 39.6 Å². The van der Waals surface area contributed by atoms with E-state index in [4.69, 9.17) is 14.6 Å². The summed E-state index contributed by atoms with van der Waals surface area (Å²) < 4.78 is 121. The number of alkyl halides is 6. The van der Waals surface area contributed by atoms with Crippen molar-refractivity contribution in [2.75, 3.05) is 19.0 Å². The van der Waals surface area contributed by atoms with Crippen molar-refractivity contribution in [2.24, 2.45) is 4.99 Å². The van der Waals surface area contributed by atoms with Gasteiger partial charge in [0.1, 0.15) is 5.75 Å². The first-order valence-electron chi connectivity index (χ1n) is 15.7. The Kier molecular flexibility index (Phi) is 11.7. The Morgan fingerprint density at radius 1 is 0.904 bits per heavy atom. The molecule has 8 nitrogen and oxygen atoms in total. The molecule has 16 heteroatoms. The van der Waals surface area contributed by atoms with Crippen LogP contribution in [0.1, 0.15) is 46.8 Å². The second kappa shape index (κ2) is 15.7. The Morgan fingerprint density at radius 2 is 1.52 bits per heavy atom. The summed E-state index contributed by atoms with van der Waals surface area (Å²) in [6.07, 6.45) is -11.6. The second-order valence-corrected chi connectivity index (χ2v) is 14.8. The number of aliphatic hydroxyl groups is 1. The molecule has 0 aromatic heterocycles. The monoisotopic (exact) mass is 812 g/mol. The van der Waals surface area contributed by atoms with Crippen LogP contribution in [-0.2, 0) is 38.3 Å². The van der Waals surface area contributed by atoms with Crippen molar-refractivity contribution in [3.8, 4) is 5.75 Å². The molecule has 0 saturated heterocycles. The zero-order chi connectivity index (χ0) is 37.7. The van der Waals surface area contributed by atoms with E-state index < -0.39 is 75.1 Å². The molecule has 4 aromatic carbocycles. The average molecular weight is 814 g/mol. The number of ether oxygens (including phenoxy) is 2. The molecule has 276 valence electrons. The van der Waals surface area contributed by atoms with Crippen molar-refractivity contribution in [1.82, 2.24) is 5.32 Å². The summed E-state index contributed by atoms with van der Waals surface area (Å²) in [5.74, 6) is -1.23. The fourth-order valence-corrected chi connectivity index (χ4v) is 7.15. The van der Waals surface area contributed by atoms with Gasteiger partial charge in [-0.15, -0.1) is 0 Å². The number of benzene rings is 4. The standard InChI is InChI=1S/C36H31BrF6N2O6S/c37-28-11-7-24(8-12-28)31-34(15-18-52(48,49)30-5-2-1-3-6-30,45-32(51-31)25-9-13-29(14-10-25)50-17-4-16-46)33(47)44-22-23-19-26(35(38,39)40)21-27(20-23)36(41,42)43/h1-3,5-14,19-21,31,46H,4,15-18,22H2,(H,44,47)/t31-,34-/m1/s1. The van der Waals surface area contributed by atoms with Gasteiger partial charge in [0.2, 0.25) is 5.90 Å². The minimum absolute atomic E-state index is 0.0187. The number of rotatable bonds is 13. The smallest absolute Gasteiger partial charge is 0.416 e. The predicted molar refractivity (Wildman–Crippen MR) is 182 cm³/mol. The van der Waals surface area contributed by atoms with Gasteiger partial charge in [0.15, 0.2) is 21.5 Å². The number of aliphatic imine (C=N–C) groups is 1. The highest BCUT2D eigenvalue weighted by atomic mass is 79.9. The van der Waals surface area contributed by atoms with Gasteiger partial charge in [0.05, 0.1) is 28.4 Å². The van der Waals surface area contributed by atoms with Crippen LogP contribution in [0.2, 0.25) is 0 Å². The molecule has 0 saturated carbocycles. The minimum Gasteiger partial charge on any atom is -0.494 e. The van der Waals surface area contributed by atoms with E-state index in [-0.39, 0.29) is 30.1 Å². The lowest BCUT2D eigenvalue weighted by Gasteiger charge is -2.30. The van der Waals surface area contributed by atoms with Crippen LogP contribution in [0.3, 0.4) is 0 Å². The van der Waals surface area contributed by atoms with E-state index in [1.165, 1.54) is 24.3 Å². The number of nitrogens with zero attached hydrogens (tertiary/aromatic N) is 1. The number of aliphatic hydroxyl groups excluding tert-OH is 1. The van der Waals surface area contributed by atoms with Gasteiger partial charge in [-0.05, 0) is 77.9 Å². The van der Waals surface area contributed by atoms with Gasteiger partial charge >= 0.3 is 12.4 Å². The fraction of sp³-hybridized carbons (Fsp3) is 0.278. The number of hydrogen-bond acceptors (Lipinski definition) is 7. The summed E-state index contributed by atoms with van der Waals surface area (Å²) >= 11 is 3.35. The second-order valence-electron chi connectivity index (χ2n) is 11.8. The van der Waals surface area contributed by atoms with Crippen LogP contribution in [-0.4, -0.2) is 49.8 Å². The largest absolute Gasteiger partial charge is 0.494 e. The summed E-state index contributed by atoms with van der Waals surface area (Å²) in [5, 5.41) is 11.5. The Morgan fingerprint density at radius 3 is 2.10 bits per heavy atom. The molecule has 0 unspecified atom stereocenters. The number of sulfone groups is 1. The predicted octanol–water partition coefficient (Wildman–Crippen LogP) is 7.69. The quantitative estimate of drug-likeness (QED) is 0.106. The molecule has 1 aliphatic heterocycles. The average Bonchev–Trinajstić information content (AvgIpc) is 3.51. The number of halogens is 7. The van der Waals surface area contributed by atoms with Gasteiger partial charge in [0, 0.05) is 36.0 Å². The van der Waals surface area contributed by atoms with E-state index in [0.29, 0.717) is 39.9 Å². The van der Waals surface area contributed by atoms with Crippen molar-refractivity contribution in [1.29, 1.82) is 0 Å². The lowest BCUT2D eigenvalue weighted by atomic mass is 9.85. The lowest BCUT2D eigenvalue weighted by molar-refractivity contribution is -0.143. The molecule has 0 spiro atoms. The first-order valence-corrected chi connectivity index (χ1v) is 18.2. The highest BCUT2D eigenvalue weighted by molar-refractivity contribution is 9.10. The van der Waals surface area contributed by atoms with Gasteiger partial charge < -0.3 is 19.9 Å². The van der Waals surface area contributed by atoms with Gasteiger partial charge in [-0.2, -0.15) is 26.3 Å². The van der Waals surface area contributed by atoms with Crippen LogP contribution < -0.4 is 10.1 Å². The van der Waals surface area contributed by atoms with E-state index in [1.807, 2.05) is 0 Å². The van der Waals surface area contributed by atoms with Crippen molar-refractivity contribution in [2.45, 2.75) is 48.3 Å². The summed E-state index contributed by atoms with van der Waals surface area (Å²) in [6.45, 7) is -0.604. The van der Waals surface area contributed by atoms with Gasteiger partial charge in [0.25, 0.3) is 5.91 Å². The molecule has 1 heterocycles. The van der Waals surface area contributed by atoms with Crippen LogP contribution in [0.25, 0.3) is 0 Å². The number of hydrogen-bond donors (Lipinski definition) is 2. The van der Waals surface area contributed by atoms with Crippen molar-refractivity contribution in [3.63, 3.8) is 0 Å². The normalized spacial score (nSPS) is 17.7. The van der Waals surface area contributed by atoms with Crippen LogP contribution in [0.4, 0.5) is 26.3 Å². The molecule has 2 atom stereocenters. The van der Waals surface area contributed by atoms with Crippen molar-refractivity contribution < 1.29 is 54.1 Å². The van der Waals surface area contributed by atoms with Crippen molar-refractivity contribution in [3.05, 3.63) is 129 Å². The summed E-state index contributed by atoms with van der Waals surface area (Å²) in [5.41, 5.74) is -4.94. The highest BCUT2D eigenvalue weighted by Gasteiger charge is 2.53. The Hall–Kier alpha value is -4.41. The lowest BCUT2D eigenvalue weighted by Crippen LogP contribution is -2.49. The molecule has 1 aliphatic rings. The molecule has 0 radical (unpaired) electrons. The topological polar surface area (TPSA) is 114 Å². The maximum absolute atomic E-state index is 14.4. The molecule has 4 aromatic rings. The Bertz CT molecular complexity index is 1980. The molecule has 1 amide bonds. The molecule has 52 heavy (non-hydrogen) atoms. The van der Waals surface area contributed by atoms with Gasteiger partial charge in [-0.3, -0.25) is 4.79 Å². The van der Waals surface area contributed by atoms with E-state index in [2.05, 4.69) is 26.2 Å². The number of carbonyl (C=O) groups is 1.